The molecular formula is C10H20ClNO3S. The van der Waals surface area contributed by atoms with Crippen LogP contribution in [0.1, 0.15) is 26.2 Å². The minimum absolute atomic E-state index is 0.0199. The second kappa shape index (κ2) is 5.67. The number of alkyl halides is 1. The zero-order valence-electron chi connectivity index (χ0n) is 9.58. The van der Waals surface area contributed by atoms with E-state index < -0.39 is 10.0 Å². The van der Waals surface area contributed by atoms with Crippen LogP contribution in [0.5, 0.6) is 0 Å². The molecule has 1 aliphatic rings. The van der Waals surface area contributed by atoms with Gasteiger partial charge in [-0.1, -0.05) is 6.92 Å². The fourth-order valence-electron chi connectivity index (χ4n) is 1.67. The molecule has 1 unspecified atom stereocenters. The first-order valence-electron chi connectivity index (χ1n) is 5.57. The van der Waals surface area contributed by atoms with E-state index in [2.05, 4.69) is 4.72 Å². The summed E-state index contributed by atoms with van der Waals surface area (Å²) in [5.41, 5.74) is 0.0199. The van der Waals surface area contributed by atoms with E-state index in [1.165, 1.54) is 0 Å². The first-order chi connectivity index (χ1) is 7.43. The highest BCUT2D eigenvalue weighted by Gasteiger charge is 2.42. The van der Waals surface area contributed by atoms with Gasteiger partial charge in [0.05, 0.1) is 5.75 Å². The molecule has 0 aromatic carbocycles. The van der Waals surface area contributed by atoms with Gasteiger partial charge in [0.1, 0.15) is 0 Å². The highest BCUT2D eigenvalue weighted by molar-refractivity contribution is 7.89. The van der Waals surface area contributed by atoms with Gasteiger partial charge in [-0.2, -0.15) is 0 Å². The molecule has 1 aliphatic carbocycles. The van der Waals surface area contributed by atoms with Crippen molar-refractivity contribution in [2.24, 2.45) is 11.3 Å². The van der Waals surface area contributed by atoms with Crippen molar-refractivity contribution in [3.8, 4) is 0 Å². The Morgan fingerprint density at radius 2 is 2.12 bits per heavy atom. The minimum Gasteiger partial charge on any atom is -0.396 e. The van der Waals surface area contributed by atoms with Crippen LogP contribution in [0.25, 0.3) is 0 Å². The maximum Gasteiger partial charge on any atom is 0.211 e. The van der Waals surface area contributed by atoms with Gasteiger partial charge in [-0.25, -0.2) is 13.1 Å². The standard InChI is InChI=1S/C10H20ClNO3S/c1-9(6-11)7-16(14,15)12-8-10(2-3-10)4-5-13/h9,12-13H,2-8H2,1H3. The van der Waals surface area contributed by atoms with E-state index in [1.54, 1.807) is 0 Å². The molecule has 0 aromatic heterocycles. The third kappa shape index (κ3) is 4.57. The molecule has 0 aromatic rings. The van der Waals surface area contributed by atoms with Crippen molar-refractivity contribution < 1.29 is 13.5 Å². The van der Waals surface area contributed by atoms with E-state index >= 15 is 0 Å². The molecule has 6 heteroatoms. The maximum absolute atomic E-state index is 11.6. The molecule has 0 aliphatic heterocycles. The predicted molar refractivity (Wildman–Crippen MR) is 65.0 cm³/mol. The molecule has 0 heterocycles. The lowest BCUT2D eigenvalue weighted by Crippen LogP contribution is -2.34. The first kappa shape index (κ1) is 14.2. The summed E-state index contributed by atoms with van der Waals surface area (Å²) in [6.07, 6.45) is 2.68. The van der Waals surface area contributed by atoms with Gasteiger partial charge in [-0.15, -0.1) is 11.6 Å². The Morgan fingerprint density at radius 1 is 1.50 bits per heavy atom. The highest BCUT2D eigenvalue weighted by Crippen LogP contribution is 2.47. The predicted octanol–water partition coefficient (Wildman–Crippen LogP) is 0.943. The van der Waals surface area contributed by atoms with Gasteiger partial charge >= 0.3 is 0 Å². The van der Waals surface area contributed by atoms with Crippen LogP contribution < -0.4 is 4.72 Å². The van der Waals surface area contributed by atoms with Crippen molar-refractivity contribution in [3.05, 3.63) is 0 Å². The second-order valence-corrected chi connectivity index (χ2v) is 7.00. The van der Waals surface area contributed by atoms with Crippen molar-refractivity contribution in [1.29, 1.82) is 0 Å². The number of aliphatic hydroxyl groups excluding tert-OH is 1. The number of nitrogens with one attached hydrogen (secondary N) is 1. The molecule has 16 heavy (non-hydrogen) atoms. The molecule has 0 radical (unpaired) electrons. The van der Waals surface area contributed by atoms with E-state index in [0.29, 0.717) is 18.8 Å². The zero-order valence-corrected chi connectivity index (χ0v) is 11.1. The van der Waals surface area contributed by atoms with Gasteiger partial charge < -0.3 is 5.11 Å². The molecule has 0 spiro atoms. The number of hydrogen-bond donors (Lipinski definition) is 2. The lowest BCUT2D eigenvalue weighted by atomic mass is 10.0. The van der Waals surface area contributed by atoms with Gasteiger partial charge in [0.2, 0.25) is 10.0 Å². The average molecular weight is 270 g/mol. The number of aliphatic hydroxyl groups is 1. The van der Waals surface area contributed by atoms with Crippen LogP contribution in [0.4, 0.5) is 0 Å². The van der Waals surface area contributed by atoms with Gasteiger partial charge in [-0.05, 0) is 30.6 Å². The summed E-state index contributed by atoms with van der Waals surface area (Å²) in [6.45, 7) is 2.39. The van der Waals surface area contributed by atoms with E-state index in [1.807, 2.05) is 6.92 Å². The van der Waals surface area contributed by atoms with E-state index in [9.17, 15) is 8.42 Å². The van der Waals surface area contributed by atoms with Crippen molar-refractivity contribution in [3.63, 3.8) is 0 Å². The Morgan fingerprint density at radius 3 is 2.56 bits per heavy atom. The summed E-state index contributed by atoms with van der Waals surface area (Å²) in [6, 6.07) is 0. The highest BCUT2D eigenvalue weighted by atomic mass is 35.5. The van der Waals surface area contributed by atoms with E-state index in [-0.39, 0.29) is 23.7 Å². The third-order valence-electron chi connectivity index (χ3n) is 3.03. The fourth-order valence-corrected chi connectivity index (χ4v) is 3.42. The smallest absolute Gasteiger partial charge is 0.211 e. The molecule has 1 saturated carbocycles. The Hall–Kier alpha value is 0.160. The summed E-state index contributed by atoms with van der Waals surface area (Å²) in [4.78, 5) is 0. The van der Waals surface area contributed by atoms with Crippen molar-refractivity contribution in [1.82, 2.24) is 4.72 Å². The Balaban J connectivity index is 2.36. The Labute approximate surface area is 102 Å². The molecule has 2 N–H and O–H groups in total. The molecule has 0 saturated heterocycles. The van der Waals surface area contributed by atoms with Gasteiger partial charge in [0.15, 0.2) is 0 Å². The van der Waals surface area contributed by atoms with Crippen LogP contribution in [0.2, 0.25) is 0 Å². The minimum atomic E-state index is -3.22. The van der Waals surface area contributed by atoms with Crippen LogP contribution in [0.15, 0.2) is 0 Å². The molecule has 1 rings (SSSR count). The molecular weight excluding hydrogens is 250 g/mol. The molecule has 0 bridgehead atoms. The fraction of sp³-hybridized carbons (Fsp3) is 1.00. The van der Waals surface area contributed by atoms with Crippen LogP contribution in [-0.2, 0) is 10.0 Å². The number of rotatable bonds is 8. The molecule has 1 atom stereocenters. The van der Waals surface area contributed by atoms with E-state index in [0.717, 1.165) is 12.8 Å². The van der Waals surface area contributed by atoms with Crippen molar-refractivity contribution in [2.45, 2.75) is 26.2 Å². The topological polar surface area (TPSA) is 66.4 Å². The van der Waals surface area contributed by atoms with Crippen LogP contribution >= 0.6 is 11.6 Å². The van der Waals surface area contributed by atoms with Gasteiger partial charge in [0, 0.05) is 19.0 Å². The lowest BCUT2D eigenvalue weighted by molar-refractivity contribution is 0.249. The monoisotopic (exact) mass is 269 g/mol. The average Bonchev–Trinajstić information content (AvgIpc) is 2.96. The molecule has 1 fully saturated rings. The largest absolute Gasteiger partial charge is 0.396 e. The van der Waals surface area contributed by atoms with Crippen LogP contribution in [0.3, 0.4) is 0 Å². The summed E-state index contributed by atoms with van der Waals surface area (Å²) >= 11 is 5.58. The van der Waals surface area contributed by atoms with Gasteiger partial charge in [-0.3, -0.25) is 0 Å². The van der Waals surface area contributed by atoms with E-state index in [4.69, 9.17) is 16.7 Å². The summed E-state index contributed by atoms with van der Waals surface area (Å²) < 4.78 is 25.9. The third-order valence-corrected chi connectivity index (χ3v) is 5.15. The number of halogens is 1. The molecule has 96 valence electrons. The summed E-state index contributed by atoms with van der Waals surface area (Å²) in [5, 5.41) is 8.86. The molecule has 4 nitrogen and oxygen atoms in total. The molecule has 0 amide bonds. The SMILES string of the molecule is CC(CCl)CS(=O)(=O)NCC1(CCO)CC1. The van der Waals surface area contributed by atoms with Crippen LogP contribution in [0, 0.1) is 11.3 Å². The quantitative estimate of drug-likeness (QED) is 0.645. The van der Waals surface area contributed by atoms with Crippen LogP contribution in [-0.4, -0.2) is 38.3 Å². The number of sulfonamides is 1. The lowest BCUT2D eigenvalue weighted by Gasteiger charge is -2.16. The zero-order chi connectivity index (χ0) is 12.2. The number of hydrogen-bond acceptors (Lipinski definition) is 3. The van der Waals surface area contributed by atoms with Crippen molar-refractivity contribution >= 4 is 21.6 Å². The Bertz CT molecular complexity index is 314. The maximum atomic E-state index is 11.6. The second-order valence-electron chi connectivity index (χ2n) is 4.84. The first-order valence-corrected chi connectivity index (χ1v) is 7.76. The summed E-state index contributed by atoms with van der Waals surface area (Å²) in [5.74, 6) is 0.390. The summed E-state index contributed by atoms with van der Waals surface area (Å²) in [7, 11) is -3.22. The van der Waals surface area contributed by atoms with Gasteiger partial charge in [0.25, 0.3) is 0 Å². The normalized spacial score (nSPS) is 20.7. The van der Waals surface area contributed by atoms with Crippen molar-refractivity contribution in [2.75, 3.05) is 24.8 Å². The Kier molecular flexibility index (Phi) is 5.04.